The number of benzene rings is 2. The Balaban J connectivity index is 1.71. The van der Waals surface area contributed by atoms with Gasteiger partial charge < -0.3 is 4.98 Å². The number of imidazole rings is 1. The SMILES string of the molecule is C/C=C(\c1nc2ccccc2[nH]1)c1cc(CC2=CCCC=C2)ccc1C. The third-order valence-corrected chi connectivity index (χ3v) is 5.01. The van der Waals surface area contributed by atoms with E-state index in [1.807, 2.05) is 18.2 Å². The molecule has 2 aromatic carbocycles. The molecule has 2 heteroatoms. The fourth-order valence-electron chi connectivity index (χ4n) is 3.60. The zero-order chi connectivity index (χ0) is 17.9. The van der Waals surface area contributed by atoms with Crippen LogP contribution in [0.2, 0.25) is 0 Å². The first-order valence-electron chi connectivity index (χ1n) is 9.31. The van der Waals surface area contributed by atoms with E-state index in [-0.39, 0.29) is 0 Å². The summed E-state index contributed by atoms with van der Waals surface area (Å²) in [7, 11) is 0. The van der Waals surface area contributed by atoms with Crippen LogP contribution in [0, 0.1) is 6.92 Å². The first-order chi connectivity index (χ1) is 12.7. The third kappa shape index (κ3) is 3.28. The van der Waals surface area contributed by atoms with Crippen molar-refractivity contribution in [2.75, 3.05) is 0 Å². The Morgan fingerprint density at radius 1 is 1.15 bits per heavy atom. The normalized spacial score (nSPS) is 14.7. The number of aromatic nitrogens is 2. The number of para-hydroxylation sites is 2. The number of rotatable bonds is 4. The van der Waals surface area contributed by atoms with Crippen molar-refractivity contribution in [1.82, 2.24) is 9.97 Å². The molecule has 0 aliphatic heterocycles. The number of nitrogens with one attached hydrogen (secondary N) is 1. The second-order valence-corrected chi connectivity index (χ2v) is 6.89. The molecule has 1 aliphatic rings. The van der Waals surface area contributed by atoms with Crippen LogP contribution in [0.4, 0.5) is 0 Å². The van der Waals surface area contributed by atoms with E-state index in [1.165, 1.54) is 22.3 Å². The van der Waals surface area contributed by atoms with Gasteiger partial charge in [-0.15, -0.1) is 0 Å². The van der Waals surface area contributed by atoms with Crippen LogP contribution < -0.4 is 0 Å². The summed E-state index contributed by atoms with van der Waals surface area (Å²) in [6.45, 7) is 4.26. The molecule has 0 fully saturated rings. The summed E-state index contributed by atoms with van der Waals surface area (Å²) < 4.78 is 0. The molecular weight excluding hydrogens is 316 g/mol. The van der Waals surface area contributed by atoms with Gasteiger partial charge >= 0.3 is 0 Å². The Bertz CT molecular complexity index is 998. The van der Waals surface area contributed by atoms with Crippen LogP contribution in [-0.2, 0) is 6.42 Å². The van der Waals surface area contributed by atoms with E-state index in [2.05, 4.69) is 67.4 Å². The number of hydrogen-bond donors (Lipinski definition) is 1. The van der Waals surface area contributed by atoms with E-state index in [0.29, 0.717) is 0 Å². The van der Waals surface area contributed by atoms with E-state index in [1.54, 1.807) is 0 Å². The molecule has 0 saturated carbocycles. The molecule has 0 amide bonds. The van der Waals surface area contributed by atoms with Crippen LogP contribution in [0.25, 0.3) is 16.6 Å². The number of aryl methyl sites for hydroxylation is 1. The van der Waals surface area contributed by atoms with Gasteiger partial charge in [-0.05, 0) is 67.5 Å². The molecule has 130 valence electrons. The average Bonchev–Trinajstić information content (AvgIpc) is 3.09. The van der Waals surface area contributed by atoms with E-state index in [9.17, 15) is 0 Å². The molecule has 1 aromatic heterocycles. The molecule has 1 heterocycles. The zero-order valence-corrected chi connectivity index (χ0v) is 15.4. The summed E-state index contributed by atoms with van der Waals surface area (Å²) >= 11 is 0. The van der Waals surface area contributed by atoms with Gasteiger partial charge in [0.05, 0.1) is 11.0 Å². The Hall–Kier alpha value is -2.87. The molecule has 4 rings (SSSR count). The van der Waals surface area contributed by atoms with Gasteiger partial charge in [0.25, 0.3) is 0 Å². The molecule has 0 atom stereocenters. The Morgan fingerprint density at radius 3 is 2.81 bits per heavy atom. The van der Waals surface area contributed by atoms with Gasteiger partial charge in [0.1, 0.15) is 5.82 Å². The Kier molecular flexibility index (Phi) is 4.57. The maximum atomic E-state index is 4.80. The Morgan fingerprint density at radius 2 is 2.04 bits per heavy atom. The topological polar surface area (TPSA) is 28.7 Å². The van der Waals surface area contributed by atoms with Crippen molar-refractivity contribution in [3.05, 3.63) is 94.9 Å². The quantitative estimate of drug-likeness (QED) is 0.607. The van der Waals surface area contributed by atoms with Crippen molar-refractivity contribution in [2.24, 2.45) is 0 Å². The molecule has 0 bridgehead atoms. The van der Waals surface area contributed by atoms with Crippen molar-refractivity contribution in [2.45, 2.75) is 33.1 Å². The third-order valence-electron chi connectivity index (χ3n) is 5.01. The lowest BCUT2D eigenvalue weighted by atomic mass is 9.93. The van der Waals surface area contributed by atoms with Gasteiger partial charge in [-0.2, -0.15) is 0 Å². The van der Waals surface area contributed by atoms with Gasteiger partial charge in [-0.25, -0.2) is 4.98 Å². The summed E-state index contributed by atoms with van der Waals surface area (Å²) in [5, 5.41) is 0. The number of fused-ring (bicyclic) bond motifs is 1. The molecule has 26 heavy (non-hydrogen) atoms. The summed E-state index contributed by atoms with van der Waals surface area (Å²) in [6.07, 6.45) is 12.4. The highest BCUT2D eigenvalue weighted by Crippen LogP contribution is 2.28. The van der Waals surface area contributed by atoms with Crippen molar-refractivity contribution >= 4 is 16.6 Å². The number of allylic oxidation sites excluding steroid dienone is 5. The largest absolute Gasteiger partial charge is 0.338 e. The summed E-state index contributed by atoms with van der Waals surface area (Å²) in [6, 6.07) is 15.0. The highest BCUT2D eigenvalue weighted by molar-refractivity contribution is 5.84. The highest BCUT2D eigenvalue weighted by atomic mass is 14.9. The molecule has 0 radical (unpaired) electrons. The summed E-state index contributed by atoms with van der Waals surface area (Å²) in [5.41, 5.74) is 8.53. The molecule has 1 aliphatic carbocycles. The summed E-state index contributed by atoms with van der Waals surface area (Å²) in [5.74, 6) is 0.936. The van der Waals surface area contributed by atoms with Crippen molar-refractivity contribution in [3.8, 4) is 0 Å². The number of hydrogen-bond acceptors (Lipinski definition) is 1. The molecular formula is C24H24N2. The first kappa shape index (κ1) is 16.6. The van der Waals surface area contributed by atoms with Crippen molar-refractivity contribution in [1.29, 1.82) is 0 Å². The monoisotopic (exact) mass is 340 g/mol. The minimum absolute atomic E-state index is 0.936. The van der Waals surface area contributed by atoms with Crippen molar-refractivity contribution < 1.29 is 0 Å². The van der Waals surface area contributed by atoms with E-state index in [0.717, 1.165) is 41.7 Å². The smallest absolute Gasteiger partial charge is 0.138 e. The maximum Gasteiger partial charge on any atom is 0.138 e. The van der Waals surface area contributed by atoms with Gasteiger partial charge in [0.15, 0.2) is 0 Å². The minimum Gasteiger partial charge on any atom is -0.338 e. The fraction of sp³-hybridized carbons (Fsp3) is 0.208. The predicted molar refractivity (Wildman–Crippen MR) is 110 cm³/mol. The number of aromatic amines is 1. The molecule has 0 spiro atoms. The second kappa shape index (κ2) is 7.17. The fourth-order valence-corrected chi connectivity index (χ4v) is 3.60. The molecule has 1 N–H and O–H groups in total. The lowest BCUT2D eigenvalue weighted by Crippen LogP contribution is -1.97. The van der Waals surface area contributed by atoms with Gasteiger partial charge in [0, 0.05) is 5.57 Å². The molecule has 2 nitrogen and oxygen atoms in total. The number of nitrogens with zero attached hydrogens (tertiary/aromatic N) is 1. The lowest BCUT2D eigenvalue weighted by molar-refractivity contribution is 0.993. The Labute approximate surface area is 155 Å². The van der Waals surface area contributed by atoms with E-state index >= 15 is 0 Å². The standard InChI is InChI=1S/C24H24N2/c1-3-20(24-25-22-11-7-8-12-23(22)26-24)21-16-19(14-13-17(21)2)15-18-9-5-4-6-10-18/h3,5,7-14,16H,4,6,15H2,1-2H3,(H,25,26)/b20-3-. The van der Waals surface area contributed by atoms with Crippen LogP contribution in [0.1, 0.15) is 42.3 Å². The predicted octanol–water partition coefficient (Wildman–Crippen LogP) is 6.14. The molecule has 0 unspecified atom stereocenters. The number of H-pyrrole nitrogens is 1. The zero-order valence-electron chi connectivity index (χ0n) is 15.4. The van der Waals surface area contributed by atoms with Crippen LogP contribution >= 0.6 is 0 Å². The molecule has 0 saturated heterocycles. The van der Waals surface area contributed by atoms with E-state index in [4.69, 9.17) is 4.98 Å². The second-order valence-electron chi connectivity index (χ2n) is 6.89. The maximum absolute atomic E-state index is 4.80. The van der Waals surface area contributed by atoms with Crippen LogP contribution in [-0.4, -0.2) is 9.97 Å². The van der Waals surface area contributed by atoms with Crippen molar-refractivity contribution in [3.63, 3.8) is 0 Å². The summed E-state index contributed by atoms with van der Waals surface area (Å²) in [4.78, 5) is 8.27. The van der Waals surface area contributed by atoms with Gasteiger partial charge in [-0.3, -0.25) is 0 Å². The lowest BCUT2D eigenvalue weighted by Gasteiger charge is -2.12. The average molecular weight is 340 g/mol. The highest BCUT2D eigenvalue weighted by Gasteiger charge is 2.13. The van der Waals surface area contributed by atoms with Crippen LogP contribution in [0.3, 0.4) is 0 Å². The van der Waals surface area contributed by atoms with E-state index < -0.39 is 0 Å². The van der Waals surface area contributed by atoms with Crippen LogP contribution in [0.15, 0.2) is 72.3 Å². The van der Waals surface area contributed by atoms with Crippen LogP contribution in [0.5, 0.6) is 0 Å². The van der Waals surface area contributed by atoms with Gasteiger partial charge in [0.2, 0.25) is 0 Å². The minimum atomic E-state index is 0.936. The first-order valence-corrected chi connectivity index (χ1v) is 9.31. The van der Waals surface area contributed by atoms with Gasteiger partial charge in [-0.1, -0.05) is 54.6 Å². The molecule has 3 aromatic rings.